The topological polar surface area (TPSA) is 40.5 Å². The molecule has 2 saturated carbocycles. The van der Waals surface area contributed by atoms with Crippen LogP contribution in [0.3, 0.4) is 0 Å². The quantitative estimate of drug-likeness (QED) is 0.438. The molecule has 0 amide bonds. The molecular weight excluding hydrogens is 468 g/mol. The van der Waals surface area contributed by atoms with Crippen molar-refractivity contribution < 1.29 is 18.7 Å². The van der Waals surface area contributed by atoms with Crippen molar-refractivity contribution >= 4 is 11.5 Å². The fourth-order valence-electron chi connectivity index (χ4n) is 7.07. The number of aliphatic hydroxyl groups is 1. The molecular formula is C32H41F2NO2. The van der Waals surface area contributed by atoms with Crippen LogP contribution in [-0.2, 0) is 4.79 Å². The Hall–Kier alpha value is -2.45. The third-order valence-electron chi connectivity index (χ3n) is 9.04. The lowest BCUT2D eigenvalue weighted by Crippen LogP contribution is -2.45. The minimum Gasteiger partial charge on any atom is -0.393 e. The zero-order valence-electron chi connectivity index (χ0n) is 23.1. The normalized spacial score (nSPS) is 30.8. The van der Waals surface area contributed by atoms with E-state index in [4.69, 9.17) is 6.42 Å². The van der Waals surface area contributed by atoms with Gasteiger partial charge in [-0.2, -0.15) is 0 Å². The number of anilines is 1. The molecule has 1 aromatic carbocycles. The van der Waals surface area contributed by atoms with Crippen molar-refractivity contribution in [1.29, 1.82) is 0 Å². The molecule has 0 aliphatic heterocycles. The SMILES string of the molecule is C#CC(C)(C)C.CN(C)c1cc(F)c(C2CC3(C)C(O)CCC3C3CCC4=CC(=O)CCC4=C23)cc1F. The largest absolute Gasteiger partial charge is 0.393 e. The molecule has 0 aromatic heterocycles. The Morgan fingerprint density at radius 2 is 1.76 bits per heavy atom. The monoisotopic (exact) mass is 509 g/mol. The molecule has 0 saturated heterocycles. The summed E-state index contributed by atoms with van der Waals surface area (Å²) in [5.41, 5.74) is 3.93. The van der Waals surface area contributed by atoms with Gasteiger partial charge in [-0.15, -0.1) is 12.3 Å². The number of benzene rings is 1. The molecule has 5 heteroatoms. The summed E-state index contributed by atoms with van der Waals surface area (Å²) in [6.45, 7) is 8.16. The van der Waals surface area contributed by atoms with Gasteiger partial charge in [0.15, 0.2) is 5.78 Å². The molecule has 4 aliphatic carbocycles. The molecule has 200 valence electrons. The molecule has 2 fully saturated rings. The Labute approximate surface area is 221 Å². The van der Waals surface area contributed by atoms with Crippen LogP contribution < -0.4 is 4.90 Å². The zero-order valence-corrected chi connectivity index (χ0v) is 23.1. The first-order valence-corrected chi connectivity index (χ1v) is 13.6. The van der Waals surface area contributed by atoms with Crippen LogP contribution in [0, 0.1) is 46.6 Å². The van der Waals surface area contributed by atoms with Crippen molar-refractivity contribution in [3.05, 3.63) is 52.1 Å². The van der Waals surface area contributed by atoms with E-state index in [2.05, 4.69) is 12.8 Å². The van der Waals surface area contributed by atoms with Crippen LogP contribution in [-0.4, -0.2) is 31.1 Å². The van der Waals surface area contributed by atoms with Crippen molar-refractivity contribution in [2.24, 2.45) is 22.7 Å². The summed E-state index contributed by atoms with van der Waals surface area (Å²) >= 11 is 0. The van der Waals surface area contributed by atoms with E-state index in [1.54, 1.807) is 25.1 Å². The Bertz CT molecular complexity index is 1180. The average molecular weight is 510 g/mol. The average Bonchev–Trinajstić information content (AvgIpc) is 3.13. The van der Waals surface area contributed by atoms with Gasteiger partial charge in [-0.3, -0.25) is 4.79 Å². The van der Waals surface area contributed by atoms with Crippen LogP contribution in [0.2, 0.25) is 0 Å². The van der Waals surface area contributed by atoms with E-state index in [1.165, 1.54) is 23.3 Å². The molecule has 5 atom stereocenters. The van der Waals surface area contributed by atoms with Crippen molar-refractivity contribution in [1.82, 2.24) is 0 Å². The van der Waals surface area contributed by atoms with Gasteiger partial charge in [0.2, 0.25) is 0 Å². The fourth-order valence-corrected chi connectivity index (χ4v) is 7.07. The number of nitrogens with zero attached hydrogens (tertiary/aromatic N) is 1. The number of rotatable bonds is 2. The number of hydrogen-bond donors (Lipinski definition) is 1. The highest BCUT2D eigenvalue weighted by molar-refractivity contribution is 5.93. The molecule has 0 bridgehead atoms. The number of allylic oxidation sites excluding steroid dienone is 4. The Kier molecular flexibility index (Phi) is 7.47. The number of terminal acetylenes is 1. The molecule has 0 radical (unpaired) electrons. The maximum atomic E-state index is 15.4. The minimum absolute atomic E-state index is 0.0694. The molecule has 1 N–H and O–H groups in total. The predicted molar refractivity (Wildman–Crippen MR) is 145 cm³/mol. The number of hydrogen-bond acceptors (Lipinski definition) is 3. The minimum atomic E-state index is -0.423. The van der Waals surface area contributed by atoms with Crippen LogP contribution in [0.1, 0.15) is 84.1 Å². The number of ketones is 1. The third kappa shape index (κ3) is 5.15. The highest BCUT2D eigenvalue weighted by atomic mass is 19.1. The lowest BCUT2D eigenvalue weighted by Gasteiger charge is -2.52. The maximum Gasteiger partial charge on any atom is 0.156 e. The van der Waals surface area contributed by atoms with E-state index in [-0.39, 0.29) is 40.0 Å². The summed E-state index contributed by atoms with van der Waals surface area (Å²) in [6, 6.07) is 2.67. The van der Waals surface area contributed by atoms with Crippen LogP contribution in [0.4, 0.5) is 14.5 Å². The number of halogens is 2. The van der Waals surface area contributed by atoms with E-state index < -0.39 is 11.9 Å². The Morgan fingerprint density at radius 1 is 1.08 bits per heavy atom. The summed E-state index contributed by atoms with van der Waals surface area (Å²) < 4.78 is 30.4. The van der Waals surface area contributed by atoms with Crippen LogP contribution in [0.25, 0.3) is 0 Å². The Morgan fingerprint density at radius 3 is 2.38 bits per heavy atom. The van der Waals surface area contributed by atoms with Crippen molar-refractivity contribution in [2.45, 2.75) is 84.7 Å². The molecule has 1 aromatic rings. The molecule has 4 aliphatic rings. The summed E-state index contributed by atoms with van der Waals surface area (Å²) in [6.07, 6.45) is 11.7. The van der Waals surface area contributed by atoms with E-state index in [0.29, 0.717) is 30.7 Å². The summed E-state index contributed by atoms with van der Waals surface area (Å²) in [4.78, 5) is 13.6. The van der Waals surface area contributed by atoms with E-state index in [1.807, 2.05) is 20.8 Å². The first-order valence-electron chi connectivity index (χ1n) is 13.6. The van der Waals surface area contributed by atoms with Gasteiger partial charge < -0.3 is 10.0 Å². The van der Waals surface area contributed by atoms with Gasteiger partial charge in [-0.05, 0) is 105 Å². The molecule has 5 unspecified atom stereocenters. The summed E-state index contributed by atoms with van der Waals surface area (Å²) in [5.74, 6) is 2.31. The first kappa shape index (κ1) is 27.6. The highest BCUT2D eigenvalue weighted by Gasteiger charge is 2.56. The van der Waals surface area contributed by atoms with Gasteiger partial charge in [0.05, 0.1) is 11.8 Å². The molecule has 37 heavy (non-hydrogen) atoms. The summed E-state index contributed by atoms with van der Waals surface area (Å²) in [5, 5.41) is 10.9. The first-order chi connectivity index (χ1) is 17.3. The standard InChI is InChI=1S/C26H31F2NO2.C6H10/c1-26-13-19(18-11-22(28)23(29(2)3)12-21(18)27)25-16-7-5-15(30)10-14(16)4-6-17(25)20(26)8-9-24(26)31;1-5-6(2,3)4/h10-12,17,19-20,24,31H,4-9,13H2,1-3H3;1H,2-4H3. The van der Waals surface area contributed by atoms with Gasteiger partial charge in [0, 0.05) is 37.9 Å². The van der Waals surface area contributed by atoms with Crippen LogP contribution >= 0.6 is 0 Å². The molecule has 3 nitrogen and oxygen atoms in total. The lowest BCUT2D eigenvalue weighted by atomic mass is 9.53. The third-order valence-corrected chi connectivity index (χ3v) is 9.04. The van der Waals surface area contributed by atoms with E-state index in [0.717, 1.165) is 31.3 Å². The van der Waals surface area contributed by atoms with Crippen molar-refractivity contribution in [3.8, 4) is 12.3 Å². The highest BCUT2D eigenvalue weighted by Crippen LogP contribution is 2.64. The van der Waals surface area contributed by atoms with Crippen molar-refractivity contribution in [3.63, 3.8) is 0 Å². The smallest absolute Gasteiger partial charge is 0.156 e. The van der Waals surface area contributed by atoms with Crippen LogP contribution in [0.15, 0.2) is 34.9 Å². The second-order valence-corrected chi connectivity index (χ2v) is 12.8. The number of carbonyl (C=O) groups excluding carboxylic acids is 1. The lowest BCUT2D eigenvalue weighted by molar-refractivity contribution is -0.114. The van der Waals surface area contributed by atoms with Gasteiger partial charge in [-0.25, -0.2) is 8.78 Å². The van der Waals surface area contributed by atoms with Crippen LogP contribution in [0.5, 0.6) is 0 Å². The predicted octanol–water partition coefficient (Wildman–Crippen LogP) is 6.96. The molecule has 0 spiro atoms. The number of fused-ring (bicyclic) bond motifs is 4. The molecule has 0 heterocycles. The Balaban J connectivity index is 0.000000480. The van der Waals surface area contributed by atoms with Gasteiger partial charge in [-0.1, -0.05) is 12.5 Å². The van der Waals surface area contributed by atoms with Gasteiger partial charge >= 0.3 is 0 Å². The van der Waals surface area contributed by atoms with Gasteiger partial charge in [0.25, 0.3) is 0 Å². The fraction of sp³-hybridized carbons (Fsp3) is 0.594. The van der Waals surface area contributed by atoms with Crippen molar-refractivity contribution in [2.75, 3.05) is 19.0 Å². The van der Waals surface area contributed by atoms with E-state index >= 15 is 4.39 Å². The summed E-state index contributed by atoms with van der Waals surface area (Å²) in [7, 11) is 3.41. The zero-order chi connectivity index (χ0) is 27.3. The van der Waals surface area contributed by atoms with Gasteiger partial charge in [0.1, 0.15) is 11.6 Å². The number of aliphatic hydroxyl groups excluding tert-OH is 1. The maximum absolute atomic E-state index is 15.4. The number of carbonyl (C=O) groups is 1. The second-order valence-electron chi connectivity index (χ2n) is 12.8. The second kappa shape index (κ2) is 10.0. The van der Waals surface area contributed by atoms with E-state index in [9.17, 15) is 14.3 Å². The molecule has 5 rings (SSSR count).